The fraction of sp³-hybridized carbons (Fsp3) is 0.261. The van der Waals surface area contributed by atoms with Gasteiger partial charge in [-0.25, -0.2) is 8.42 Å². The Bertz CT molecular complexity index is 1320. The van der Waals surface area contributed by atoms with Gasteiger partial charge in [-0.2, -0.15) is 4.31 Å². The van der Waals surface area contributed by atoms with Crippen LogP contribution in [0.5, 0.6) is 0 Å². The van der Waals surface area contributed by atoms with E-state index in [0.717, 1.165) is 16.2 Å². The summed E-state index contributed by atoms with van der Waals surface area (Å²) in [6.45, 7) is 0.825. The predicted molar refractivity (Wildman–Crippen MR) is 135 cm³/mol. The van der Waals surface area contributed by atoms with E-state index < -0.39 is 14.9 Å². The maximum Gasteiger partial charge on any atom is 0.292 e. The highest BCUT2D eigenvalue weighted by molar-refractivity contribution is 7.91. The first kappa shape index (κ1) is 25.1. The van der Waals surface area contributed by atoms with Crippen molar-refractivity contribution in [2.75, 3.05) is 18.4 Å². The molecule has 0 saturated carbocycles. The van der Waals surface area contributed by atoms with Crippen LogP contribution in [0.1, 0.15) is 28.1 Å². The fourth-order valence-electron chi connectivity index (χ4n) is 3.81. The fourth-order valence-corrected chi connectivity index (χ4v) is 6.85. The Hall–Kier alpha value is -2.99. The molecule has 2 aromatic carbocycles. The Labute approximate surface area is 211 Å². The summed E-state index contributed by atoms with van der Waals surface area (Å²) in [6.07, 6.45) is 1.06. The van der Waals surface area contributed by atoms with E-state index in [1.807, 2.05) is 0 Å². The summed E-state index contributed by atoms with van der Waals surface area (Å²) in [5.41, 5.74) is 0.898. The molecule has 4 rings (SSSR count). The van der Waals surface area contributed by atoms with Crippen molar-refractivity contribution in [1.82, 2.24) is 9.62 Å². The van der Waals surface area contributed by atoms with E-state index in [1.165, 1.54) is 10.4 Å². The van der Waals surface area contributed by atoms with Gasteiger partial charge in [0, 0.05) is 40.7 Å². The monoisotopic (exact) mass is 534 g/mol. The van der Waals surface area contributed by atoms with E-state index in [4.69, 9.17) is 11.6 Å². The molecule has 3 aromatic rings. The molecule has 0 aliphatic carbocycles. The number of amides is 1. The van der Waals surface area contributed by atoms with Crippen LogP contribution in [0, 0.1) is 10.1 Å². The number of halogens is 1. The Morgan fingerprint density at radius 3 is 2.46 bits per heavy atom. The predicted octanol–water partition coefficient (Wildman–Crippen LogP) is 4.50. The van der Waals surface area contributed by atoms with Gasteiger partial charge < -0.3 is 10.6 Å². The van der Waals surface area contributed by atoms with E-state index in [9.17, 15) is 23.3 Å². The summed E-state index contributed by atoms with van der Waals surface area (Å²) in [4.78, 5) is 23.8. The third-order valence-electron chi connectivity index (χ3n) is 5.68. The summed E-state index contributed by atoms with van der Waals surface area (Å²) >= 11 is 6.97. The lowest BCUT2D eigenvalue weighted by atomic mass is 10.1. The number of hydrogen-bond acceptors (Lipinski definition) is 7. The topological polar surface area (TPSA) is 122 Å². The Kier molecular flexibility index (Phi) is 7.70. The molecule has 0 spiro atoms. The number of carbonyl (C=O) groups is 1. The number of nitro groups is 1. The zero-order valence-electron chi connectivity index (χ0n) is 18.5. The van der Waals surface area contributed by atoms with E-state index >= 15 is 0 Å². The molecule has 1 saturated heterocycles. The van der Waals surface area contributed by atoms with Crippen molar-refractivity contribution in [2.45, 2.75) is 29.6 Å². The lowest BCUT2D eigenvalue weighted by molar-refractivity contribution is -0.384. The molecule has 1 aromatic heterocycles. The van der Waals surface area contributed by atoms with Crippen molar-refractivity contribution in [3.05, 3.63) is 86.2 Å². The standard InChI is InChI=1S/C23H23ClN4O5S2/c24-17-7-5-16(6-8-17)23(29)25-15-19-9-10-22(34-19)35(32,33)27-13-11-18(12-14-27)26-20-3-1-2-4-21(20)28(30)31/h1-10,18,26H,11-15H2,(H,25,29). The van der Waals surface area contributed by atoms with E-state index in [0.29, 0.717) is 42.2 Å². The molecule has 1 aliphatic heterocycles. The molecular formula is C23H23ClN4O5S2. The minimum Gasteiger partial charge on any atom is -0.377 e. The Balaban J connectivity index is 1.33. The highest BCUT2D eigenvalue weighted by Crippen LogP contribution is 2.30. The molecule has 0 bridgehead atoms. The second-order valence-corrected chi connectivity index (χ2v) is 11.8. The second-order valence-electron chi connectivity index (χ2n) is 8.01. The van der Waals surface area contributed by atoms with Crippen LogP contribution in [0.25, 0.3) is 0 Å². The number of nitrogens with one attached hydrogen (secondary N) is 2. The number of anilines is 1. The van der Waals surface area contributed by atoms with Gasteiger partial charge in [-0.1, -0.05) is 23.7 Å². The molecule has 184 valence electrons. The van der Waals surface area contributed by atoms with Gasteiger partial charge in [-0.05, 0) is 55.3 Å². The quantitative estimate of drug-likeness (QED) is 0.324. The van der Waals surface area contributed by atoms with Gasteiger partial charge in [-0.3, -0.25) is 14.9 Å². The molecular weight excluding hydrogens is 512 g/mol. The Morgan fingerprint density at radius 2 is 1.77 bits per heavy atom. The smallest absolute Gasteiger partial charge is 0.292 e. The van der Waals surface area contributed by atoms with Gasteiger partial charge in [-0.15, -0.1) is 11.3 Å². The highest BCUT2D eigenvalue weighted by Gasteiger charge is 2.31. The van der Waals surface area contributed by atoms with Gasteiger partial charge in [0.25, 0.3) is 21.6 Å². The van der Waals surface area contributed by atoms with Gasteiger partial charge in [0.1, 0.15) is 9.90 Å². The zero-order chi connectivity index (χ0) is 25.0. The van der Waals surface area contributed by atoms with Crippen molar-refractivity contribution in [3.8, 4) is 0 Å². The first-order valence-corrected chi connectivity index (χ1v) is 13.5. The molecule has 1 fully saturated rings. The van der Waals surface area contributed by atoms with Crippen LogP contribution in [0.4, 0.5) is 11.4 Å². The lowest BCUT2D eigenvalue weighted by Crippen LogP contribution is -2.42. The number of nitro benzene ring substituents is 1. The molecule has 0 unspecified atom stereocenters. The molecule has 12 heteroatoms. The summed E-state index contributed by atoms with van der Waals surface area (Å²) in [7, 11) is -3.67. The van der Waals surface area contributed by atoms with Crippen LogP contribution < -0.4 is 10.6 Å². The minimum atomic E-state index is -3.67. The van der Waals surface area contributed by atoms with Crippen LogP contribution in [0.3, 0.4) is 0 Å². The van der Waals surface area contributed by atoms with Crippen LogP contribution in [0.15, 0.2) is 64.9 Å². The lowest BCUT2D eigenvalue weighted by Gasteiger charge is -2.31. The highest BCUT2D eigenvalue weighted by atomic mass is 35.5. The average molecular weight is 535 g/mol. The zero-order valence-corrected chi connectivity index (χ0v) is 20.9. The minimum absolute atomic E-state index is 0.00294. The van der Waals surface area contributed by atoms with Crippen molar-refractivity contribution < 1.29 is 18.1 Å². The number of benzene rings is 2. The SMILES string of the molecule is O=C(NCc1ccc(S(=O)(=O)N2CCC(Nc3ccccc3[N+](=O)[O-])CC2)s1)c1ccc(Cl)cc1. The third-order valence-corrected chi connectivity index (χ3v) is 9.38. The van der Waals surface area contributed by atoms with Gasteiger partial charge in [0.05, 0.1) is 11.5 Å². The number of nitrogens with zero attached hydrogens (tertiary/aromatic N) is 2. The molecule has 0 radical (unpaired) electrons. The summed E-state index contributed by atoms with van der Waals surface area (Å²) in [5, 5.41) is 17.7. The maximum atomic E-state index is 13.1. The first-order valence-electron chi connectivity index (χ1n) is 10.9. The van der Waals surface area contributed by atoms with E-state index in [-0.39, 0.29) is 28.4 Å². The Morgan fingerprint density at radius 1 is 1.09 bits per heavy atom. The molecule has 1 amide bonds. The van der Waals surface area contributed by atoms with Crippen LogP contribution >= 0.6 is 22.9 Å². The number of para-hydroxylation sites is 2. The second kappa shape index (κ2) is 10.7. The molecule has 2 heterocycles. The maximum absolute atomic E-state index is 13.1. The summed E-state index contributed by atoms with van der Waals surface area (Å²) < 4.78 is 27.9. The molecule has 2 N–H and O–H groups in total. The first-order chi connectivity index (χ1) is 16.7. The van der Waals surface area contributed by atoms with Crippen molar-refractivity contribution in [2.24, 2.45) is 0 Å². The van der Waals surface area contributed by atoms with Gasteiger partial charge in [0.2, 0.25) is 0 Å². The number of hydrogen-bond donors (Lipinski definition) is 2. The van der Waals surface area contributed by atoms with Crippen molar-refractivity contribution in [1.29, 1.82) is 0 Å². The molecule has 1 aliphatic rings. The largest absolute Gasteiger partial charge is 0.377 e. The molecule has 0 atom stereocenters. The summed E-state index contributed by atoms with van der Waals surface area (Å²) in [6, 6.07) is 16.1. The van der Waals surface area contributed by atoms with Crippen molar-refractivity contribution >= 4 is 50.2 Å². The third kappa shape index (κ3) is 5.99. The van der Waals surface area contributed by atoms with E-state index in [2.05, 4.69) is 10.6 Å². The van der Waals surface area contributed by atoms with Crippen LogP contribution in [-0.2, 0) is 16.6 Å². The normalized spacial score (nSPS) is 15.0. The number of carbonyl (C=O) groups excluding carboxylic acids is 1. The molecule has 9 nitrogen and oxygen atoms in total. The van der Waals surface area contributed by atoms with E-state index in [1.54, 1.807) is 54.6 Å². The number of rotatable bonds is 8. The van der Waals surface area contributed by atoms with Gasteiger partial charge in [0.15, 0.2) is 0 Å². The summed E-state index contributed by atoms with van der Waals surface area (Å²) in [5.74, 6) is -0.271. The van der Waals surface area contributed by atoms with Crippen molar-refractivity contribution in [3.63, 3.8) is 0 Å². The van der Waals surface area contributed by atoms with Crippen LogP contribution in [-0.4, -0.2) is 42.7 Å². The molecule has 35 heavy (non-hydrogen) atoms. The number of thiophene rings is 1. The number of sulfonamides is 1. The van der Waals surface area contributed by atoms with Crippen LogP contribution in [0.2, 0.25) is 5.02 Å². The average Bonchev–Trinajstić information content (AvgIpc) is 3.34. The number of piperidine rings is 1. The van der Waals surface area contributed by atoms with Gasteiger partial charge >= 0.3 is 0 Å².